The summed E-state index contributed by atoms with van der Waals surface area (Å²) in [5, 5.41) is 12.5. The Morgan fingerprint density at radius 2 is 1.91 bits per heavy atom. The molecular weight excluding hydrogens is 437 g/mol. The van der Waals surface area contributed by atoms with Crippen molar-refractivity contribution in [3.63, 3.8) is 0 Å². The highest BCUT2D eigenvalue weighted by atomic mass is 35.5. The van der Waals surface area contributed by atoms with Crippen LogP contribution in [0.1, 0.15) is 43.2 Å². The van der Waals surface area contributed by atoms with Gasteiger partial charge in [-0.1, -0.05) is 43.0 Å². The van der Waals surface area contributed by atoms with Gasteiger partial charge in [0.1, 0.15) is 18.0 Å². The first kappa shape index (κ1) is 23.6. The molecule has 8 heteroatoms. The van der Waals surface area contributed by atoms with Gasteiger partial charge in [-0.3, -0.25) is 4.79 Å². The lowest BCUT2D eigenvalue weighted by Gasteiger charge is -2.33. The number of aliphatic carboxylic acids is 1. The molecule has 32 heavy (non-hydrogen) atoms. The van der Waals surface area contributed by atoms with E-state index in [9.17, 15) is 19.1 Å². The monoisotopic (exact) mass is 461 g/mol. The average Bonchev–Trinajstić information content (AvgIpc) is 2.78. The van der Waals surface area contributed by atoms with Crippen molar-refractivity contribution in [3.05, 3.63) is 64.4 Å². The van der Waals surface area contributed by atoms with Gasteiger partial charge in [-0.2, -0.15) is 0 Å². The maximum Gasteiger partial charge on any atom is 0.329 e. The van der Waals surface area contributed by atoms with Crippen LogP contribution in [0, 0.1) is 5.82 Å². The summed E-state index contributed by atoms with van der Waals surface area (Å²) in [6, 6.07) is 9.20. The van der Waals surface area contributed by atoms with Crippen LogP contribution in [0.15, 0.2) is 42.5 Å². The number of rotatable bonds is 8. The zero-order chi connectivity index (χ0) is 23.1. The van der Waals surface area contributed by atoms with Crippen LogP contribution in [0.25, 0.3) is 6.08 Å². The Kier molecular flexibility index (Phi) is 7.75. The van der Waals surface area contributed by atoms with Gasteiger partial charge in [-0.05, 0) is 48.7 Å². The summed E-state index contributed by atoms with van der Waals surface area (Å²) < 4.78 is 24.3. The molecule has 2 aromatic rings. The molecule has 6 nitrogen and oxygen atoms in total. The zero-order valence-electron chi connectivity index (χ0n) is 17.7. The Morgan fingerprint density at radius 1 is 1.16 bits per heavy atom. The fourth-order valence-corrected chi connectivity index (χ4v) is 3.92. The van der Waals surface area contributed by atoms with E-state index in [2.05, 4.69) is 5.32 Å². The lowest BCUT2D eigenvalue weighted by atomic mass is 9.81. The van der Waals surface area contributed by atoms with Crippen molar-refractivity contribution >= 4 is 29.6 Å². The van der Waals surface area contributed by atoms with Crippen LogP contribution in [-0.4, -0.2) is 29.6 Å². The number of ether oxygens (including phenoxy) is 2. The number of halogens is 2. The molecule has 0 bridgehead atoms. The Morgan fingerprint density at radius 3 is 2.56 bits per heavy atom. The predicted molar refractivity (Wildman–Crippen MR) is 119 cm³/mol. The van der Waals surface area contributed by atoms with E-state index in [-0.39, 0.29) is 11.6 Å². The van der Waals surface area contributed by atoms with Crippen molar-refractivity contribution < 1.29 is 28.6 Å². The highest BCUT2D eigenvalue weighted by Gasteiger charge is 2.40. The number of amides is 1. The molecule has 1 amide bonds. The van der Waals surface area contributed by atoms with Gasteiger partial charge in [0.15, 0.2) is 11.5 Å². The number of carboxylic acid groups (broad SMARTS) is 1. The third-order valence-electron chi connectivity index (χ3n) is 5.49. The second-order valence-corrected chi connectivity index (χ2v) is 8.11. The lowest BCUT2D eigenvalue weighted by Crippen LogP contribution is -2.55. The fourth-order valence-electron chi connectivity index (χ4n) is 3.70. The number of carboxylic acids is 1. The number of carbonyl (C=O) groups excluding carboxylic acids is 1. The van der Waals surface area contributed by atoms with E-state index in [4.69, 9.17) is 21.1 Å². The summed E-state index contributed by atoms with van der Waals surface area (Å²) in [6.45, 7) is 0.129. The first-order valence-corrected chi connectivity index (χ1v) is 10.7. The van der Waals surface area contributed by atoms with Crippen LogP contribution in [0.4, 0.5) is 4.39 Å². The summed E-state index contributed by atoms with van der Waals surface area (Å²) in [5.74, 6) is -0.973. The number of carbonyl (C=O) groups is 2. The number of hydrogen-bond acceptors (Lipinski definition) is 4. The average molecular weight is 462 g/mol. The Labute approximate surface area is 191 Å². The van der Waals surface area contributed by atoms with Crippen LogP contribution < -0.4 is 14.8 Å². The van der Waals surface area contributed by atoms with E-state index in [1.807, 2.05) is 0 Å². The molecule has 0 saturated heterocycles. The molecule has 2 N–H and O–H groups in total. The molecule has 1 aliphatic carbocycles. The minimum absolute atomic E-state index is 0.129. The van der Waals surface area contributed by atoms with Crippen LogP contribution in [0.2, 0.25) is 5.02 Å². The SMILES string of the molecule is COc1cc(C=CC(=O)NC2(C(=O)O)CCCCC2)ccc1OCc1ccc(F)cc1Cl. The van der Waals surface area contributed by atoms with Crippen LogP contribution in [0.5, 0.6) is 11.5 Å². The first-order valence-electron chi connectivity index (χ1n) is 10.3. The summed E-state index contributed by atoms with van der Waals surface area (Å²) in [4.78, 5) is 24.1. The zero-order valence-corrected chi connectivity index (χ0v) is 18.5. The molecule has 1 saturated carbocycles. The molecule has 3 rings (SSSR count). The largest absolute Gasteiger partial charge is 0.493 e. The van der Waals surface area contributed by atoms with Gasteiger partial charge in [0, 0.05) is 11.6 Å². The van der Waals surface area contributed by atoms with E-state index in [1.54, 1.807) is 30.3 Å². The van der Waals surface area contributed by atoms with Gasteiger partial charge in [0.25, 0.3) is 0 Å². The lowest BCUT2D eigenvalue weighted by molar-refractivity contribution is -0.148. The number of hydrogen-bond donors (Lipinski definition) is 2. The molecule has 0 atom stereocenters. The third-order valence-corrected chi connectivity index (χ3v) is 5.84. The minimum Gasteiger partial charge on any atom is -0.493 e. The van der Waals surface area contributed by atoms with Gasteiger partial charge < -0.3 is 19.9 Å². The molecule has 0 heterocycles. The maximum absolute atomic E-state index is 13.2. The molecule has 1 aliphatic rings. The summed E-state index contributed by atoms with van der Waals surface area (Å²) in [6.07, 6.45) is 6.28. The third kappa shape index (κ3) is 5.79. The van der Waals surface area contributed by atoms with Gasteiger partial charge in [0.2, 0.25) is 5.91 Å². The van der Waals surface area contributed by atoms with Gasteiger partial charge in [-0.25, -0.2) is 9.18 Å². The fraction of sp³-hybridized carbons (Fsp3) is 0.333. The van der Waals surface area contributed by atoms with Crippen LogP contribution in [0.3, 0.4) is 0 Å². The molecular formula is C24H25ClFNO5. The normalized spacial score (nSPS) is 15.3. The van der Waals surface area contributed by atoms with Crippen molar-refractivity contribution in [1.82, 2.24) is 5.32 Å². The Bertz CT molecular complexity index is 1020. The van der Waals surface area contributed by atoms with E-state index < -0.39 is 23.2 Å². The summed E-state index contributed by atoms with van der Waals surface area (Å²) >= 11 is 6.03. The molecule has 0 aromatic heterocycles. The molecule has 2 aromatic carbocycles. The minimum atomic E-state index is -1.20. The van der Waals surface area contributed by atoms with Gasteiger partial charge >= 0.3 is 5.97 Å². The van der Waals surface area contributed by atoms with E-state index in [0.717, 1.165) is 19.3 Å². The number of benzene rings is 2. The highest BCUT2D eigenvalue weighted by Crippen LogP contribution is 2.31. The van der Waals surface area contributed by atoms with Crippen LogP contribution in [-0.2, 0) is 16.2 Å². The smallest absolute Gasteiger partial charge is 0.329 e. The molecule has 0 aliphatic heterocycles. The maximum atomic E-state index is 13.2. The molecule has 1 fully saturated rings. The Hall–Kier alpha value is -3.06. The molecule has 0 unspecified atom stereocenters. The molecule has 0 radical (unpaired) electrons. The number of methoxy groups -OCH3 is 1. The van der Waals surface area contributed by atoms with Gasteiger partial charge in [-0.15, -0.1) is 0 Å². The van der Waals surface area contributed by atoms with Gasteiger partial charge in [0.05, 0.1) is 12.1 Å². The van der Waals surface area contributed by atoms with E-state index in [0.29, 0.717) is 35.5 Å². The van der Waals surface area contributed by atoms with Crippen molar-refractivity contribution in [1.29, 1.82) is 0 Å². The van der Waals surface area contributed by atoms with Crippen LogP contribution >= 0.6 is 11.6 Å². The summed E-state index contributed by atoms with van der Waals surface area (Å²) in [7, 11) is 1.49. The van der Waals surface area contributed by atoms with Crippen molar-refractivity contribution in [3.8, 4) is 11.5 Å². The predicted octanol–water partition coefficient (Wildman–Crippen LogP) is 4.98. The second-order valence-electron chi connectivity index (χ2n) is 7.71. The van der Waals surface area contributed by atoms with Crippen molar-refractivity contribution in [2.24, 2.45) is 0 Å². The highest BCUT2D eigenvalue weighted by molar-refractivity contribution is 6.31. The second kappa shape index (κ2) is 10.5. The van der Waals surface area contributed by atoms with E-state index in [1.165, 1.54) is 25.3 Å². The topological polar surface area (TPSA) is 84.9 Å². The Balaban J connectivity index is 1.66. The van der Waals surface area contributed by atoms with Crippen molar-refractivity contribution in [2.75, 3.05) is 7.11 Å². The quantitative estimate of drug-likeness (QED) is 0.541. The standard InChI is InChI=1S/C24H25ClFNO5/c1-31-21-13-16(5-9-20(21)32-15-17-7-8-18(26)14-19(17)25)6-10-22(28)27-24(23(29)30)11-3-2-4-12-24/h5-10,13-14H,2-4,11-12,15H2,1H3,(H,27,28)(H,29,30). The van der Waals surface area contributed by atoms with E-state index >= 15 is 0 Å². The summed E-state index contributed by atoms with van der Waals surface area (Å²) in [5.41, 5.74) is 0.111. The molecule has 170 valence electrons. The van der Waals surface area contributed by atoms with Crippen molar-refractivity contribution in [2.45, 2.75) is 44.2 Å². The first-order chi connectivity index (χ1) is 15.3. The number of nitrogens with one attached hydrogen (secondary N) is 1. The molecule has 0 spiro atoms.